The van der Waals surface area contributed by atoms with Crippen molar-refractivity contribution in [3.8, 4) is 0 Å². The largest absolute Gasteiger partial charge is 0.422 e. The number of benzene rings is 3. The van der Waals surface area contributed by atoms with Crippen molar-refractivity contribution >= 4 is 49.2 Å². The first-order valence-corrected chi connectivity index (χ1v) is 9.53. The van der Waals surface area contributed by atoms with Crippen molar-refractivity contribution in [1.82, 2.24) is 4.57 Å². The zero-order chi connectivity index (χ0) is 19.3. The van der Waals surface area contributed by atoms with Crippen LogP contribution < -0.4 is 10.4 Å². The van der Waals surface area contributed by atoms with Crippen LogP contribution in [0.1, 0.15) is 10.4 Å². The van der Waals surface area contributed by atoms with Gasteiger partial charge in [0.1, 0.15) is 11.1 Å². The van der Waals surface area contributed by atoms with Gasteiger partial charge in [0.15, 0.2) is 4.80 Å². The molecule has 2 aromatic heterocycles. The Morgan fingerprint density at radius 2 is 1.75 bits per heavy atom. The summed E-state index contributed by atoms with van der Waals surface area (Å²) in [4.78, 5) is 29.7. The van der Waals surface area contributed by atoms with E-state index in [0.29, 0.717) is 15.8 Å². The van der Waals surface area contributed by atoms with E-state index in [1.807, 2.05) is 41.9 Å². The van der Waals surface area contributed by atoms with Gasteiger partial charge in [-0.25, -0.2) is 4.79 Å². The van der Waals surface area contributed by atoms with Crippen LogP contribution in [0, 0.1) is 0 Å². The Bertz CT molecular complexity index is 1520. The highest BCUT2D eigenvalue weighted by molar-refractivity contribution is 7.16. The predicted octanol–water partition coefficient (Wildman–Crippen LogP) is 4.24. The Morgan fingerprint density at radius 3 is 2.61 bits per heavy atom. The Balaban J connectivity index is 1.71. The van der Waals surface area contributed by atoms with Crippen molar-refractivity contribution < 1.29 is 9.21 Å². The monoisotopic (exact) mass is 386 g/mol. The van der Waals surface area contributed by atoms with Crippen molar-refractivity contribution in [1.29, 1.82) is 0 Å². The molecule has 0 atom stereocenters. The second kappa shape index (κ2) is 6.28. The molecule has 0 aliphatic rings. The van der Waals surface area contributed by atoms with Gasteiger partial charge in [-0.15, -0.1) is 0 Å². The Kier molecular flexibility index (Phi) is 3.74. The van der Waals surface area contributed by atoms with Gasteiger partial charge in [-0.2, -0.15) is 4.99 Å². The first-order valence-electron chi connectivity index (χ1n) is 8.71. The quantitative estimate of drug-likeness (QED) is 0.405. The lowest BCUT2D eigenvalue weighted by Gasteiger charge is -2.01. The first kappa shape index (κ1) is 16.6. The number of para-hydroxylation sites is 1. The van der Waals surface area contributed by atoms with Crippen LogP contribution in [0.4, 0.5) is 0 Å². The van der Waals surface area contributed by atoms with Crippen molar-refractivity contribution in [3.05, 3.63) is 87.5 Å². The van der Waals surface area contributed by atoms with E-state index in [9.17, 15) is 9.59 Å². The molecule has 136 valence electrons. The molecule has 0 unspecified atom stereocenters. The summed E-state index contributed by atoms with van der Waals surface area (Å²) in [6.45, 7) is 0. The molecule has 0 fully saturated rings. The van der Waals surface area contributed by atoms with E-state index >= 15 is 0 Å². The molecule has 28 heavy (non-hydrogen) atoms. The van der Waals surface area contributed by atoms with Crippen LogP contribution in [0.3, 0.4) is 0 Å². The van der Waals surface area contributed by atoms with E-state index in [2.05, 4.69) is 17.1 Å². The number of amides is 1. The van der Waals surface area contributed by atoms with Crippen LogP contribution in [-0.2, 0) is 7.05 Å². The maximum Gasteiger partial charge on any atom is 0.349 e. The third-order valence-electron chi connectivity index (χ3n) is 4.76. The summed E-state index contributed by atoms with van der Waals surface area (Å²) < 4.78 is 8.18. The zero-order valence-electron chi connectivity index (χ0n) is 14.9. The number of nitrogens with zero attached hydrogens (tertiary/aromatic N) is 2. The summed E-state index contributed by atoms with van der Waals surface area (Å²) >= 11 is 1.41. The van der Waals surface area contributed by atoms with Crippen molar-refractivity contribution in [2.75, 3.05) is 0 Å². The number of rotatable bonds is 1. The van der Waals surface area contributed by atoms with Gasteiger partial charge in [-0.1, -0.05) is 59.9 Å². The lowest BCUT2D eigenvalue weighted by Crippen LogP contribution is -2.17. The van der Waals surface area contributed by atoms with Gasteiger partial charge in [-0.05, 0) is 23.6 Å². The molecule has 5 aromatic rings. The summed E-state index contributed by atoms with van der Waals surface area (Å²) in [5, 5.41) is 2.90. The fourth-order valence-corrected chi connectivity index (χ4v) is 4.41. The zero-order valence-corrected chi connectivity index (χ0v) is 15.7. The number of aromatic nitrogens is 1. The van der Waals surface area contributed by atoms with Crippen molar-refractivity contribution in [2.24, 2.45) is 12.0 Å². The molecule has 0 saturated heterocycles. The normalized spacial score (nSPS) is 12.2. The summed E-state index contributed by atoms with van der Waals surface area (Å²) in [5.74, 6) is -0.606. The molecule has 1 amide bonds. The van der Waals surface area contributed by atoms with E-state index in [1.54, 1.807) is 18.2 Å². The average Bonchev–Trinajstić information content (AvgIpc) is 3.03. The number of carbonyl (C=O) groups is 1. The van der Waals surface area contributed by atoms with E-state index in [4.69, 9.17) is 4.42 Å². The minimum absolute atomic E-state index is 0.0685. The van der Waals surface area contributed by atoms with Crippen LogP contribution in [0.25, 0.3) is 32.0 Å². The van der Waals surface area contributed by atoms with Crippen molar-refractivity contribution in [2.45, 2.75) is 0 Å². The molecule has 0 aliphatic heterocycles. The number of thiazole rings is 1. The highest BCUT2D eigenvalue weighted by atomic mass is 32.1. The number of carbonyl (C=O) groups excluding carboxylic acids is 1. The molecule has 6 heteroatoms. The van der Waals surface area contributed by atoms with Crippen LogP contribution >= 0.6 is 11.3 Å². The molecule has 2 heterocycles. The van der Waals surface area contributed by atoms with Crippen LogP contribution in [0.2, 0.25) is 0 Å². The highest BCUT2D eigenvalue weighted by Gasteiger charge is 2.14. The SMILES string of the molecule is Cn1c(=NC(=O)c2cc3ccccc3oc2=O)sc2ccc3ccccc3c21. The van der Waals surface area contributed by atoms with E-state index < -0.39 is 11.5 Å². The Hall–Kier alpha value is -3.51. The molecule has 3 aromatic carbocycles. The van der Waals surface area contributed by atoms with E-state index in [-0.39, 0.29) is 5.56 Å². The molecule has 0 radical (unpaired) electrons. The third kappa shape index (κ3) is 2.58. The maximum absolute atomic E-state index is 12.7. The Morgan fingerprint density at radius 1 is 1.00 bits per heavy atom. The summed E-state index contributed by atoms with van der Waals surface area (Å²) in [5.41, 5.74) is 0.714. The van der Waals surface area contributed by atoms with Crippen molar-refractivity contribution in [3.63, 3.8) is 0 Å². The maximum atomic E-state index is 12.7. The fourth-order valence-electron chi connectivity index (χ4n) is 3.38. The lowest BCUT2D eigenvalue weighted by atomic mass is 10.1. The third-order valence-corrected chi connectivity index (χ3v) is 5.85. The highest BCUT2D eigenvalue weighted by Crippen LogP contribution is 2.26. The molecular formula is C22H14N2O3S. The summed E-state index contributed by atoms with van der Waals surface area (Å²) in [6.07, 6.45) is 0. The van der Waals surface area contributed by atoms with Gasteiger partial charge in [0, 0.05) is 17.8 Å². The summed E-state index contributed by atoms with van der Waals surface area (Å²) in [6, 6.07) is 20.8. The standard InChI is InChI=1S/C22H14N2O3S/c1-24-19-15-8-4-2-6-13(15)10-11-18(19)28-22(24)23-20(25)16-12-14-7-3-5-9-17(14)27-21(16)26/h2-12H,1H3. The number of hydrogen-bond acceptors (Lipinski definition) is 4. The molecular weight excluding hydrogens is 372 g/mol. The van der Waals surface area contributed by atoms with E-state index in [0.717, 1.165) is 21.0 Å². The van der Waals surface area contributed by atoms with Gasteiger partial charge in [0.2, 0.25) is 0 Å². The van der Waals surface area contributed by atoms with E-state index in [1.165, 1.54) is 17.4 Å². The first-order chi connectivity index (χ1) is 13.6. The predicted molar refractivity (Wildman–Crippen MR) is 111 cm³/mol. The van der Waals surface area contributed by atoms with Crippen LogP contribution in [0.15, 0.2) is 80.9 Å². The Labute approximate surface area is 162 Å². The lowest BCUT2D eigenvalue weighted by molar-refractivity contribution is 0.0994. The van der Waals surface area contributed by atoms with Gasteiger partial charge in [0.25, 0.3) is 5.91 Å². The van der Waals surface area contributed by atoms with Gasteiger partial charge >= 0.3 is 5.63 Å². The molecule has 5 nitrogen and oxygen atoms in total. The number of hydrogen-bond donors (Lipinski definition) is 0. The van der Waals surface area contributed by atoms with Gasteiger partial charge < -0.3 is 8.98 Å². The molecule has 5 rings (SSSR count). The molecule has 0 saturated carbocycles. The topological polar surface area (TPSA) is 64.6 Å². The number of aryl methyl sites for hydroxylation is 1. The summed E-state index contributed by atoms with van der Waals surface area (Å²) in [7, 11) is 1.88. The van der Waals surface area contributed by atoms with Gasteiger partial charge in [-0.3, -0.25) is 4.79 Å². The second-order valence-electron chi connectivity index (χ2n) is 6.48. The molecule has 0 aliphatic carbocycles. The minimum atomic E-state index is -0.679. The molecule has 0 N–H and O–H groups in total. The smallest absolute Gasteiger partial charge is 0.349 e. The average molecular weight is 386 g/mol. The molecule has 0 bridgehead atoms. The van der Waals surface area contributed by atoms with Crippen LogP contribution in [0.5, 0.6) is 0 Å². The van der Waals surface area contributed by atoms with Gasteiger partial charge in [0.05, 0.1) is 10.2 Å². The fraction of sp³-hybridized carbons (Fsp3) is 0.0455. The molecule has 0 spiro atoms. The second-order valence-corrected chi connectivity index (χ2v) is 7.49. The minimum Gasteiger partial charge on any atom is -0.422 e. The number of fused-ring (bicyclic) bond motifs is 4. The van der Waals surface area contributed by atoms with Crippen LogP contribution in [-0.4, -0.2) is 10.5 Å².